The van der Waals surface area contributed by atoms with Crippen molar-refractivity contribution in [3.8, 4) is 0 Å². The van der Waals surface area contributed by atoms with Crippen LogP contribution in [0.1, 0.15) is 6.92 Å². The Kier molecular flexibility index (Phi) is 3.69. The van der Waals surface area contributed by atoms with Crippen molar-refractivity contribution < 1.29 is 0 Å². The Balaban J connectivity index is 2.23. The van der Waals surface area contributed by atoms with Crippen LogP contribution in [0.2, 0.25) is 5.28 Å². The van der Waals surface area contributed by atoms with Gasteiger partial charge < -0.3 is 5.32 Å². The Bertz CT molecular complexity index is 514. The number of hydrogen-bond donors (Lipinski definition) is 1. The van der Waals surface area contributed by atoms with Gasteiger partial charge in [-0.1, -0.05) is 0 Å². The van der Waals surface area contributed by atoms with Crippen molar-refractivity contribution in [2.45, 2.75) is 17.2 Å². The van der Waals surface area contributed by atoms with Crippen molar-refractivity contribution in [1.82, 2.24) is 35.2 Å². The van der Waals surface area contributed by atoms with Gasteiger partial charge in [0.05, 0.1) is 0 Å². The molecule has 17 heavy (non-hydrogen) atoms. The maximum Gasteiger partial charge on any atom is 0.228 e. The lowest BCUT2D eigenvalue weighted by molar-refractivity contribution is 0.663. The molecule has 0 spiro atoms. The first-order chi connectivity index (χ1) is 8.19. The Hall–Kier alpha value is -1.48. The molecule has 0 aromatic carbocycles. The van der Waals surface area contributed by atoms with E-state index in [0.717, 1.165) is 0 Å². The minimum Gasteiger partial charge on any atom is -0.354 e. The molecule has 8 nitrogen and oxygen atoms in total. The van der Waals surface area contributed by atoms with Gasteiger partial charge in [-0.25, -0.2) is 4.68 Å². The molecule has 1 N–H and O–H groups in total. The average molecular weight is 273 g/mol. The van der Waals surface area contributed by atoms with Gasteiger partial charge in [0.2, 0.25) is 21.5 Å². The van der Waals surface area contributed by atoms with Gasteiger partial charge in [-0.05, 0) is 40.7 Å². The molecular formula is C7H9ClN8S. The summed E-state index contributed by atoms with van der Waals surface area (Å²) in [7, 11) is 1.73. The molecule has 10 heteroatoms. The van der Waals surface area contributed by atoms with E-state index in [1.807, 2.05) is 6.92 Å². The number of nitrogens with one attached hydrogen (secondary N) is 1. The Morgan fingerprint density at radius 3 is 2.82 bits per heavy atom. The number of aryl methyl sites for hydroxylation is 1. The largest absolute Gasteiger partial charge is 0.354 e. The third-order valence-electron chi connectivity index (χ3n) is 1.69. The summed E-state index contributed by atoms with van der Waals surface area (Å²) in [5, 5.41) is 15.2. The molecular weight excluding hydrogens is 264 g/mol. The zero-order valence-electron chi connectivity index (χ0n) is 9.12. The zero-order chi connectivity index (χ0) is 12.3. The summed E-state index contributed by atoms with van der Waals surface area (Å²) in [5.74, 6) is 0.435. The molecule has 0 unspecified atom stereocenters. The molecule has 0 saturated carbocycles. The van der Waals surface area contributed by atoms with Crippen molar-refractivity contribution in [3.63, 3.8) is 0 Å². The standard InChI is InChI=1S/C7H9ClN8S/c1-3-9-5-10-4(8)11-6(12-5)17-7-13-14-15-16(7)2/h3H2,1-2H3,(H,9,10,11,12). The predicted molar refractivity (Wildman–Crippen MR) is 61.9 cm³/mol. The van der Waals surface area contributed by atoms with Crippen LogP contribution in [0.5, 0.6) is 0 Å². The van der Waals surface area contributed by atoms with E-state index >= 15 is 0 Å². The number of nitrogens with zero attached hydrogens (tertiary/aromatic N) is 7. The van der Waals surface area contributed by atoms with Crippen molar-refractivity contribution >= 4 is 29.3 Å². The molecule has 0 aliphatic rings. The van der Waals surface area contributed by atoms with Gasteiger partial charge in [0.25, 0.3) is 0 Å². The molecule has 2 heterocycles. The van der Waals surface area contributed by atoms with Crippen LogP contribution in [-0.4, -0.2) is 41.7 Å². The lowest BCUT2D eigenvalue weighted by Crippen LogP contribution is -2.04. The van der Waals surface area contributed by atoms with Crippen molar-refractivity contribution in [1.29, 1.82) is 0 Å². The molecule has 2 rings (SSSR count). The Morgan fingerprint density at radius 1 is 1.35 bits per heavy atom. The molecule has 0 aliphatic carbocycles. The summed E-state index contributed by atoms with van der Waals surface area (Å²) in [4.78, 5) is 12.1. The van der Waals surface area contributed by atoms with Crippen molar-refractivity contribution in [2.24, 2.45) is 7.05 Å². The molecule has 0 bridgehead atoms. The highest BCUT2D eigenvalue weighted by Gasteiger charge is 2.10. The SMILES string of the molecule is CCNc1nc(Cl)nc(Sc2nnnn2C)n1. The molecule has 0 aliphatic heterocycles. The Labute approximate surface area is 106 Å². The summed E-state index contributed by atoms with van der Waals surface area (Å²) in [6.45, 7) is 2.65. The second kappa shape index (κ2) is 5.23. The van der Waals surface area contributed by atoms with Gasteiger partial charge in [-0.2, -0.15) is 15.0 Å². The van der Waals surface area contributed by atoms with Gasteiger partial charge in [0, 0.05) is 13.6 Å². The van der Waals surface area contributed by atoms with Crippen molar-refractivity contribution in [3.05, 3.63) is 5.28 Å². The molecule has 2 aromatic rings. The van der Waals surface area contributed by atoms with E-state index < -0.39 is 0 Å². The highest BCUT2D eigenvalue weighted by Crippen LogP contribution is 2.22. The number of rotatable bonds is 4. The normalized spacial score (nSPS) is 10.5. The van der Waals surface area contributed by atoms with E-state index in [1.54, 1.807) is 7.05 Å². The number of hydrogen-bond acceptors (Lipinski definition) is 8. The first kappa shape index (κ1) is 12.0. The molecule has 0 radical (unpaired) electrons. The van der Waals surface area contributed by atoms with E-state index in [1.165, 1.54) is 16.4 Å². The first-order valence-corrected chi connectivity index (χ1v) is 5.94. The smallest absolute Gasteiger partial charge is 0.228 e. The minimum atomic E-state index is 0.133. The maximum atomic E-state index is 5.79. The van der Waals surface area contributed by atoms with Crippen molar-refractivity contribution in [2.75, 3.05) is 11.9 Å². The fourth-order valence-corrected chi connectivity index (χ4v) is 1.89. The number of tetrazole rings is 1. The van der Waals surface area contributed by atoms with E-state index in [9.17, 15) is 0 Å². The predicted octanol–water partition coefficient (Wildman–Crippen LogP) is 0.631. The van der Waals surface area contributed by atoms with Crippen LogP contribution in [0.15, 0.2) is 10.3 Å². The number of anilines is 1. The highest BCUT2D eigenvalue weighted by atomic mass is 35.5. The van der Waals surface area contributed by atoms with Crippen LogP contribution < -0.4 is 5.32 Å². The van der Waals surface area contributed by atoms with Crippen LogP contribution in [0.4, 0.5) is 5.95 Å². The third-order valence-corrected chi connectivity index (χ3v) is 2.75. The summed E-state index contributed by atoms with van der Waals surface area (Å²) in [6, 6.07) is 0. The van der Waals surface area contributed by atoms with E-state index in [-0.39, 0.29) is 5.28 Å². The lowest BCUT2D eigenvalue weighted by atomic mass is 10.7. The summed E-state index contributed by atoms with van der Waals surface area (Å²) >= 11 is 7.01. The Morgan fingerprint density at radius 2 is 2.18 bits per heavy atom. The monoisotopic (exact) mass is 272 g/mol. The molecule has 2 aromatic heterocycles. The van der Waals surface area contributed by atoms with Gasteiger partial charge in [-0.3, -0.25) is 0 Å². The molecule has 0 amide bonds. The van der Waals surface area contributed by atoms with Gasteiger partial charge >= 0.3 is 0 Å². The zero-order valence-corrected chi connectivity index (χ0v) is 10.7. The van der Waals surface area contributed by atoms with Crippen LogP contribution in [0.3, 0.4) is 0 Å². The van der Waals surface area contributed by atoms with E-state index in [4.69, 9.17) is 11.6 Å². The lowest BCUT2D eigenvalue weighted by Gasteiger charge is -2.03. The van der Waals surface area contributed by atoms with Gasteiger partial charge in [0.15, 0.2) is 0 Å². The average Bonchev–Trinajstić information content (AvgIpc) is 2.64. The fraction of sp³-hybridized carbons (Fsp3) is 0.429. The highest BCUT2D eigenvalue weighted by molar-refractivity contribution is 7.99. The minimum absolute atomic E-state index is 0.133. The van der Waals surface area contributed by atoms with Gasteiger partial charge in [-0.15, -0.1) is 5.10 Å². The topological polar surface area (TPSA) is 94.3 Å². The molecule has 90 valence electrons. The summed E-state index contributed by atoms with van der Waals surface area (Å²) in [5.41, 5.74) is 0. The first-order valence-electron chi connectivity index (χ1n) is 4.74. The third kappa shape index (κ3) is 3.01. The number of aromatic nitrogens is 7. The van der Waals surface area contributed by atoms with Crippen LogP contribution in [-0.2, 0) is 7.05 Å². The second-order valence-corrected chi connectivity index (χ2v) is 4.20. The molecule has 0 saturated heterocycles. The second-order valence-electron chi connectivity index (χ2n) is 2.93. The maximum absolute atomic E-state index is 5.79. The van der Waals surface area contributed by atoms with E-state index in [0.29, 0.717) is 22.8 Å². The van der Waals surface area contributed by atoms with Crippen LogP contribution >= 0.6 is 23.4 Å². The molecule has 0 fully saturated rings. The fourth-order valence-electron chi connectivity index (χ4n) is 1.00. The number of halogens is 1. The van der Waals surface area contributed by atoms with Crippen LogP contribution in [0.25, 0.3) is 0 Å². The quantitative estimate of drug-likeness (QED) is 0.866. The van der Waals surface area contributed by atoms with Gasteiger partial charge in [0.1, 0.15) is 0 Å². The molecule has 0 atom stereocenters. The summed E-state index contributed by atoms with van der Waals surface area (Å²) < 4.78 is 1.52. The summed E-state index contributed by atoms with van der Waals surface area (Å²) in [6.07, 6.45) is 0. The van der Waals surface area contributed by atoms with Crippen LogP contribution in [0, 0.1) is 0 Å². The van der Waals surface area contributed by atoms with E-state index in [2.05, 4.69) is 35.8 Å².